The summed E-state index contributed by atoms with van der Waals surface area (Å²) in [6.45, 7) is 0. The summed E-state index contributed by atoms with van der Waals surface area (Å²) >= 11 is 6.23. The minimum atomic E-state index is -0.673. The van der Waals surface area contributed by atoms with E-state index in [1.165, 1.54) is 0 Å². The third kappa shape index (κ3) is 2.54. The Kier molecular flexibility index (Phi) is 4.28. The van der Waals surface area contributed by atoms with E-state index < -0.39 is 5.60 Å². The van der Waals surface area contributed by atoms with Crippen LogP contribution >= 0.6 is 11.6 Å². The van der Waals surface area contributed by atoms with Crippen LogP contribution in [0.25, 0.3) is 0 Å². The molecule has 3 aromatic rings. The van der Waals surface area contributed by atoms with Gasteiger partial charge in [0.2, 0.25) is 0 Å². The number of benzene rings is 3. The summed E-state index contributed by atoms with van der Waals surface area (Å²) in [7, 11) is 1.74. The van der Waals surface area contributed by atoms with Gasteiger partial charge in [-0.25, -0.2) is 0 Å². The molecule has 0 unspecified atom stereocenters. The van der Waals surface area contributed by atoms with Crippen molar-refractivity contribution in [2.75, 3.05) is 7.11 Å². The summed E-state index contributed by atoms with van der Waals surface area (Å²) < 4.78 is 6.09. The fourth-order valence-electron chi connectivity index (χ4n) is 2.91. The lowest BCUT2D eigenvalue weighted by atomic mass is 9.80. The van der Waals surface area contributed by atoms with Crippen molar-refractivity contribution in [3.05, 3.63) is 107 Å². The van der Waals surface area contributed by atoms with Crippen molar-refractivity contribution in [1.82, 2.24) is 0 Å². The minimum absolute atomic E-state index is 0.673. The fourth-order valence-corrected chi connectivity index (χ4v) is 3.10. The zero-order chi connectivity index (χ0) is 15.4. The molecule has 0 saturated heterocycles. The van der Waals surface area contributed by atoms with Crippen LogP contribution in [0.4, 0.5) is 0 Å². The zero-order valence-corrected chi connectivity index (χ0v) is 13.1. The van der Waals surface area contributed by atoms with Gasteiger partial charge >= 0.3 is 0 Å². The normalized spacial score (nSPS) is 11.4. The first-order chi connectivity index (χ1) is 10.8. The molecule has 0 atom stereocenters. The van der Waals surface area contributed by atoms with E-state index in [1.54, 1.807) is 7.11 Å². The lowest BCUT2D eigenvalue weighted by Crippen LogP contribution is -2.31. The van der Waals surface area contributed by atoms with E-state index in [0.29, 0.717) is 5.02 Å². The van der Waals surface area contributed by atoms with E-state index in [4.69, 9.17) is 16.3 Å². The molecule has 3 rings (SSSR count). The highest BCUT2D eigenvalue weighted by Crippen LogP contribution is 2.40. The molecule has 0 N–H and O–H groups in total. The predicted octanol–water partition coefficient (Wildman–Crippen LogP) is 5.28. The predicted molar refractivity (Wildman–Crippen MR) is 91.2 cm³/mol. The largest absolute Gasteiger partial charge is 0.364 e. The maximum atomic E-state index is 6.23. The van der Waals surface area contributed by atoms with Crippen LogP contribution in [0, 0.1) is 0 Å². The average molecular weight is 309 g/mol. The number of ether oxygens (including phenoxy) is 1. The third-order valence-electron chi connectivity index (χ3n) is 3.90. The van der Waals surface area contributed by atoms with Gasteiger partial charge in [0.1, 0.15) is 5.60 Å². The van der Waals surface area contributed by atoms with Crippen LogP contribution in [0.1, 0.15) is 16.7 Å². The van der Waals surface area contributed by atoms with Crippen molar-refractivity contribution in [2.45, 2.75) is 5.60 Å². The van der Waals surface area contributed by atoms with Gasteiger partial charge < -0.3 is 4.74 Å². The summed E-state index contributed by atoms with van der Waals surface area (Å²) in [6.07, 6.45) is 0. The number of rotatable bonds is 4. The van der Waals surface area contributed by atoms with Gasteiger partial charge in [-0.1, -0.05) is 84.4 Å². The maximum Gasteiger partial charge on any atom is 0.143 e. The topological polar surface area (TPSA) is 9.23 Å². The molecule has 0 aliphatic heterocycles. The number of hydrogen-bond acceptors (Lipinski definition) is 1. The highest BCUT2D eigenvalue weighted by atomic mass is 35.5. The average Bonchev–Trinajstić information content (AvgIpc) is 2.58. The fraction of sp³-hybridized carbons (Fsp3) is 0.100. The van der Waals surface area contributed by atoms with Gasteiger partial charge in [0, 0.05) is 12.1 Å². The number of hydrogen-bond donors (Lipinski definition) is 0. The van der Waals surface area contributed by atoms with Crippen LogP contribution in [-0.2, 0) is 10.3 Å². The molecule has 0 fully saturated rings. The Morgan fingerprint density at radius 1 is 0.682 bits per heavy atom. The van der Waals surface area contributed by atoms with Gasteiger partial charge in [-0.3, -0.25) is 0 Å². The molecular weight excluding hydrogens is 292 g/mol. The molecule has 22 heavy (non-hydrogen) atoms. The molecule has 0 heterocycles. The van der Waals surface area contributed by atoms with Crippen molar-refractivity contribution in [3.8, 4) is 0 Å². The Balaban J connectivity index is 2.31. The van der Waals surface area contributed by atoms with Crippen molar-refractivity contribution in [2.24, 2.45) is 0 Å². The lowest BCUT2D eigenvalue weighted by molar-refractivity contribution is 0.0585. The Bertz CT molecular complexity index is 698. The summed E-state index contributed by atoms with van der Waals surface area (Å²) in [5, 5.41) is 0.700. The summed E-state index contributed by atoms with van der Waals surface area (Å²) in [5.41, 5.74) is 2.49. The lowest BCUT2D eigenvalue weighted by Gasteiger charge is -2.34. The summed E-state index contributed by atoms with van der Waals surface area (Å²) in [4.78, 5) is 0. The van der Waals surface area contributed by atoms with E-state index >= 15 is 0 Å². The van der Waals surface area contributed by atoms with Crippen LogP contribution in [0.2, 0.25) is 5.02 Å². The molecule has 0 radical (unpaired) electrons. The van der Waals surface area contributed by atoms with Crippen LogP contribution in [0.3, 0.4) is 0 Å². The quantitative estimate of drug-likeness (QED) is 0.596. The zero-order valence-electron chi connectivity index (χ0n) is 12.4. The van der Waals surface area contributed by atoms with E-state index in [2.05, 4.69) is 30.3 Å². The molecule has 0 bridgehead atoms. The van der Waals surface area contributed by atoms with Crippen LogP contribution in [-0.4, -0.2) is 7.11 Å². The van der Waals surface area contributed by atoms with Crippen molar-refractivity contribution in [3.63, 3.8) is 0 Å². The third-order valence-corrected chi connectivity index (χ3v) is 4.13. The Labute approximate surface area is 136 Å². The SMILES string of the molecule is COC(c1ccccc1)(c1ccccc1)c1cccc(Cl)c1. The van der Waals surface area contributed by atoms with Crippen molar-refractivity contribution < 1.29 is 4.74 Å². The minimum Gasteiger partial charge on any atom is -0.364 e. The second-order valence-corrected chi connectivity index (χ2v) is 5.56. The van der Waals surface area contributed by atoms with Crippen molar-refractivity contribution in [1.29, 1.82) is 0 Å². The van der Waals surface area contributed by atoms with E-state index in [9.17, 15) is 0 Å². The van der Waals surface area contributed by atoms with E-state index in [0.717, 1.165) is 16.7 Å². The van der Waals surface area contributed by atoms with Crippen LogP contribution in [0.5, 0.6) is 0 Å². The second-order valence-electron chi connectivity index (χ2n) is 5.13. The second kappa shape index (κ2) is 6.35. The van der Waals surface area contributed by atoms with Gasteiger partial charge in [0.15, 0.2) is 0 Å². The molecule has 1 nitrogen and oxygen atoms in total. The maximum absolute atomic E-state index is 6.23. The van der Waals surface area contributed by atoms with Crippen LogP contribution < -0.4 is 0 Å². The first kappa shape index (κ1) is 14.8. The van der Waals surface area contributed by atoms with Gasteiger partial charge in [0.25, 0.3) is 0 Å². The van der Waals surface area contributed by atoms with Gasteiger partial charge in [-0.2, -0.15) is 0 Å². The van der Waals surface area contributed by atoms with E-state index in [-0.39, 0.29) is 0 Å². The van der Waals surface area contributed by atoms with Crippen LogP contribution in [0.15, 0.2) is 84.9 Å². The number of halogens is 1. The standard InChI is InChI=1S/C20H17ClO/c1-22-20(16-9-4-2-5-10-16,17-11-6-3-7-12-17)18-13-8-14-19(21)15-18/h2-15H,1H3. The molecule has 0 spiro atoms. The molecule has 2 heteroatoms. The van der Waals surface area contributed by atoms with Gasteiger partial charge in [0.05, 0.1) is 0 Å². The van der Waals surface area contributed by atoms with Gasteiger partial charge in [-0.15, -0.1) is 0 Å². The molecule has 0 aliphatic rings. The number of methoxy groups -OCH3 is 1. The highest BCUT2D eigenvalue weighted by molar-refractivity contribution is 6.30. The summed E-state index contributed by atoms with van der Waals surface area (Å²) in [5.74, 6) is 0. The molecule has 0 saturated carbocycles. The smallest absolute Gasteiger partial charge is 0.143 e. The molecule has 3 aromatic carbocycles. The first-order valence-electron chi connectivity index (χ1n) is 7.19. The molecule has 0 amide bonds. The monoisotopic (exact) mass is 308 g/mol. The highest BCUT2D eigenvalue weighted by Gasteiger charge is 2.36. The molecule has 110 valence electrons. The Morgan fingerprint density at radius 3 is 1.64 bits per heavy atom. The van der Waals surface area contributed by atoms with E-state index in [1.807, 2.05) is 54.6 Å². The Hall–Kier alpha value is -2.09. The molecular formula is C20H17ClO. The van der Waals surface area contributed by atoms with Crippen molar-refractivity contribution >= 4 is 11.6 Å². The Morgan fingerprint density at radius 2 is 1.18 bits per heavy atom. The summed E-state index contributed by atoms with van der Waals surface area (Å²) in [6, 6.07) is 28.3. The molecule has 0 aliphatic carbocycles. The first-order valence-corrected chi connectivity index (χ1v) is 7.57. The van der Waals surface area contributed by atoms with Gasteiger partial charge in [-0.05, 0) is 28.8 Å². The molecule has 0 aromatic heterocycles.